The number of phenolic OH excluding ortho intramolecular Hbond substituents is 1. The summed E-state index contributed by atoms with van der Waals surface area (Å²) in [5.41, 5.74) is 1.59. The van der Waals surface area contributed by atoms with Gasteiger partial charge in [-0.25, -0.2) is 4.79 Å². The molecule has 10 rings (SSSR count). The highest BCUT2D eigenvalue weighted by Crippen LogP contribution is 2.75. The van der Waals surface area contributed by atoms with Crippen LogP contribution in [0.25, 0.3) is 21.5 Å². The van der Waals surface area contributed by atoms with Crippen molar-refractivity contribution in [2.45, 2.75) is 76.5 Å². The average molecular weight is 860 g/mol. The number of phenols is 1. The smallest absolute Gasteiger partial charge is 0.335 e. The summed E-state index contributed by atoms with van der Waals surface area (Å²) >= 11 is 13.1. The van der Waals surface area contributed by atoms with Gasteiger partial charge in [-0.2, -0.15) is 0 Å². The Morgan fingerprint density at radius 1 is 0.750 bits per heavy atom. The number of esters is 3. The lowest BCUT2D eigenvalue weighted by atomic mass is 9.34. The van der Waals surface area contributed by atoms with Gasteiger partial charge in [-0.1, -0.05) is 55.5 Å². The van der Waals surface area contributed by atoms with Gasteiger partial charge in [0, 0.05) is 79.4 Å². The number of hydrogen-bond donors (Lipinski definition) is 1. The molecule has 6 aliphatic rings. The van der Waals surface area contributed by atoms with E-state index in [1.165, 1.54) is 21.0 Å². The Hall–Kier alpha value is -5.11. The van der Waals surface area contributed by atoms with Gasteiger partial charge >= 0.3 is 17.9 Å². The third kappa shape index (κ3) is 6.09. The fraction of sp³-hybridized carbons (Fsp3) is 0.444. The second-order valence-corrected chi connectivity index (χ2v) is 17.5. The molecule has 13 nitrogen and oxygen atoms in total. The first-order valence-electron chi connectivity index (χ1n) is 20.0. The first-order valence-corrected chi connectivity index (χ1v) is 21.1. The Morgan fingerprint density at radius 2 is 1.23 bits per heavy atom. The molecule has 0 radical (unpaired) electrons. The summed E-state index contributed by atoms with van der Waals surface area (Å²) < 4.78 is 29.0. The zero-order chi connectivity index (χ0) is 42.4. The zero-order valence-electron chi connectivity index (χ0n) is 33.4. The Balaban J connectivity index is 1.02. The van der Waals surface area contributed by atoms with Gasteiger partial charge in [0.05, 0.1) is 29.3 Å². The van der Waals surface area contributed by atoms with Crippen LogP contribution in [0.2, 0.25) is 0 Å². The van der Waals surface area contributed by atoms with Crippen LogP contribution in [-0.2, 0) is 42.9 Å². The lowest BCUT2D eigenvalue weighted by Gasteiger charge is -2.69. The van der Waals surface area contributed by atoms with E-state index in [0.717, 1.165) is 21.9 Å². The molecule has 0 aromatic heterocycles. The van der Waals surface area contributed by atoms with Crippen molar-refractivity contribution in [3.63, 3.8) is 0 Å². The number of hydrogen-bond acceptors (Lipinski definition) is 11. The van der Waals surface area contributed by atoms with Crippen LogP contribution in [0.15, 0.2) is 60.7 Å². The lowest BCUT2D eigenvalue weighted by molar-refractivity contribution is -0.266. The number of rotatable bonds is 9. The molecule has 4 aromatic rings. The van der Waals surface area contributed by atoms with E-state index in [9.17, 15) is 29.1 Å². The molecule has 0 spiro atoms. The van der Waals surface area contributed by atoms with Gasteiger partial charge < -0.3 is 38.6 Å². The van der Waals surface area contributed by atoms with Crippen molar-refractivity contribution in [1.29, 1.82) is 0 Å². The van der Waals surface area contributed by atoms with Crippen molar-refractivity contribution in [1.82, 2.24) is 0 Å². The summed E-state index contributed by atoms with van der Waals surface area (Å²) in [6.45, 7) is 4.74. The third-order valence-electron chi connectivity index (χ3n) is 13.2. The van der Waals surface area contributed by atoms with Gasteiger partial charge in [-0.05, 0) is 41.2 Å². The summed E-state index contributed by atoms with van der Waals surface area (Å²) in [7, 11) is 1.21. The molecule has 3 heterocycles. The maximum atomic E-state index is 14.8. The van der Waals surface area contributed by atoms with Gasteiger partial charge in [-0.3, -0.25) is 19.2 Å². The standard InChI is InChI=1S/C45H44Cl2N2O11/c1-22-37(57-23(2)50)39(58-24(3)51)41(60-38(22)40(53)56-4)59-34-14-32-36(30-12-8-6-10-28(30)34)26(16-47)18-49(32)43(55)45-19-44(20-45,21-45)42(54)48-17-25(15-46)35-29-11-7-5-9-27(29)33(52)13-31(35)48/h5-14,22,25-26,37-39,41,52H,15-21H2,1-4H3/t22-,25+,26+,37-,38-,39+,41+,44?,45?/m0/s1. The number of methoxy groups -OCH3 is 1. The quantitative estimate of drug-likeness (QED) is 0.109. The molecule has 3 aliphatic heterocycles. The van der Waals surface area contributed by atoms with E-state index in [4.69, 9.17) is 46.9 Å². The molecule has 1 N–H and O–H groups in total. The Bertz CT molecular complexity index is 2470. The van der Waals surface area contributed by atoms with Gasteiger partial charge in [0.1, 0.15) is 11.5 Å². The molecule has 3 aliphatic carbocycles. The summed E-state index contributed by atoms with van der Waals surface area (Å²) in [6.07, 6.45) is -3.94. The van der Waals surface area contributed by atoms with E-state index in [-0.39, 0.29) is 41.0 Å². The number of benzene rings is 4. The normalized spacial score (nSPS) is 29.9. The highest BCUT2D eigenvalue weighted by Gasteiger charge is 2.76. The minimum atomic E-state index is -1.44. The highest BCUT2D eigenvalue weighted by atomic mass is 35.5. The van der Waals surface area contributed by atoms with Gasteiger partial charge in [0.25, 0.3) is 0 Å². The topological polar surface area (TPSA) is 158 Å². The van der Waals surface area contributed by atoms with Crippen molar-refractivity contribution < 1.29 is 52.8 Å². The first kappa shape index (κ1) is 40.3. The Kier molecular flexibility index (Phi) is 9.95. The molecule has 60 heavy (non-hydrogen) atoms. The van der Waals surface area contributed by atoms with Crippen LogP contribution in [-0.4, -0.2) is 91.4 Å². The number of ether oxygens (including phenoxy) is 5. The van der Waals surface area contributed by atoms with Crippen LogP contribution >= 0.6 is 23.2 Å². The monoisotopic (exact) mass is 858 g/mol. The molecule has 1 saturated heterocycles. The van der Waals surface area contributed by atoms with Crippen LogP contribution in [0, 0.1) is 16.7 Å². The molecule has 15 heteroatoms. The van der Waals surface area contributed by atoms with E-state index in [2.05, 4.69) is 0 Å². The molecule has 3 saturated carbocycles. The number of nitrogens with zero attached hydrogens (tertiary/aromatic N) is 2. The van der Waals surface area contributed by atoms with Crippen LogP contribution in [0.3, 0.4) is 0 Å². The maximum absolute atomic E-state index is 14.8. The van der Waals surface area contributed by atoms with E-state index >= 15 is 0 Å². The second kappa shape index (κ2) is 14.8. The molecule has 7 atom stereocenters. The van der Waals surface area contributed by atoms with E-state index in [1.807, 2.05) is 48.5 Å². The number of carbonyl (C=O) groups is 5. The molecule has 4 fully saturated rings. The average Bonchev–Trinajstić information content (AvgIpc) is 3.77. The predicted molar refractivity (Wildman–Crippen MR) is 221 cm³/mol. The molecule has 4 aromatic carbocycles. The third-order valence-corrected chi connectivity index (χ3v) is 14.0. The molecular weight excluding hydrogens is 815 g/mol. The van der Waals surface area contributed by atoms with Crippen molar-refractivity contribution in [2.75, 3.05) is 41.8 Å². The number of aromatic hydroxyl groups is 1. The minimum absolute atomic E-state index is 0.0655. The van der Waals surface area contributed by atoms with Crippen LogP contribution in [0.5, 0.6) is 11.5 Å². The number of alkyl halides is 2. The summed E-state index contributed by atoms with van der Waals surface area (Å²) in [5, 5.41) is 14.0. The van der Waals surface area contributed by atoms with Crippen LogP contribution < -0.4 is 14.5 Å². The Morgan fingerprint density at radius 3 is 1.75 bits per heavy atom. The van der Waals surface area contributed by atoms with E-state index < -0.39 is 59.3 Å². The largest absolute Gasteiger partial charge is 0.507 e. The van der Waals surface area contributed by atoms with Crippen molar-refractivity contribution in [3.8, 4) is 11.5 Å². The van der Waals surface area contributed by atoms with E-state index in [1.54, 1.807) is 28.9 Å². The highest BCUT2D eigenvalue weighted by molar-refractivity contribution is 6.20. The second-order valence-electron chi connectivity index (χ2n) is 16.9. The molecule has 2 amide bonds. The SMILES string of the molecule is COC(=O)[C@H]1O[C@@H](Oc2cc3c(c4ccccc24)[C@H](CCl)CN3C(=O)C23CC(C(=O)N4C[C@@H](CCl)c5c4cc(O)c4ccccc54)(C2)C3)[C@H](OC(C)=O)[C@@H](OC(C)=O)[C@@H]1C. The number of fused-ring (bicyclic) bond motifs is 6. The maximum Gasteiger partial charge on any atom is 0.335 e. The lowest BCUT2D eigenvalue weighted by Crippen LogP contribution is -2.73. The van der Waals surface area contributed by atoms with Crippen molar-refractivity contribution >= 4 is 85.8 Å². The fourth-order valence-electron chi connectivity index (χ4n) is 10.6. The molecule has 0 unspecified atom stereocenters. The summed E-state index contributed by atoms with van der Waals surface area (Å²) in [5.74, 6) is -2.46. The van der Waals surface area contributed by atoms with Gasteiger partial charge in [0.15, 0.2) is 12.2 Å². The van der Waals surface area contributed by atoms with E-state index in [0.29, 0.717) is 60.4 Å². The zero-order valence-corrected chi connectivity index (χ0v) is 35.0. The first-order chi connectivity index (χ1) is 28.7. The number of carbonyl (C=O) groups excluding carboxylic acids is 5. The fourth-order valence-corrected chi connectivity index (χ4v) is 11.2. The van der Waals surface area contributed by atoms with Crippen LogP contribution in [0.4, 0.5) is 11.4 Å². The van der Waals surface area contributed by atoms with Crippen LogP contribution in [0.1, 0.15) is 63.0 Å². The summed E-state index contributed by atoms with van der Waals surface area (Å²) in [4.78, 5) is 70.4. The Labute approximate surface area is 355 Å². The number of amides is 2. The van der Waals surface area contributed by atoms with Gasteiger partial charge in [-0.15, -0.1) is 23.2 Å². The molecule has 2 bridgehead atoms. The summed E-state index contributed by atoms with van der Waals surface area (Å²) in [6, 6.07) is 18.4. The number of anilines is 2. The molecule has 314 valence electrons. The van der Waals surface area contributed by atoms with Crippen molar-refractivity contribution in [3.05, 3.63) is 71.8 Å². The number of halogens is 2. The molecular formula is C45H44Cl2N2O11. The minimum Gasteiger partial charge on any atom is -0.507 e. The predicted octanol–water partition coefficient (Wildman–Crippen LogP) is 6.68. The van der Waals surface area contributed by atoms with Crippen molar-refractivity contribution in [2.24, 2.45) is 16.7 Å². The van der Waals surface area contributed by atoms with Gasteiger partial charge in [0.2, 0.25) is 24.2 Å².